The van der Waals surface area contributed by atoms with E-state index >= 15 is 0 Å². The van der Waals surface area contributed by atoms with Crippen molar-refractivity contribution >= 4 is 22.7 Å². The van der Waals surface area contributed by atoms with Crippen molar-refractivity contribution in [2.75, 3.05) is 5.32 Å². The Bertz CT molecular complexity index is 543. The van der Waals surface area contributed by atoms with Crippen LogP contribution in [0.2, 0.25) is 0 Å². The molecule has 1 aliphatic heterocycles. The van der Waals surface area contributed by atoms with Crippen molar-refractivity contribution in [1.29, 1.82) is 0 Å². The molecule has 1 aromatic heterocycles. The van der Waals surface area contributed by atoms with Gasteiger partial charge in [-0.25, -0.2) is 0 Å². The van der Waals surface area contributed by atoms with Crippen LogP contribution in [0, 0.1) is 0 Å². The molecule has 2 heteroatoms. The smallest absolute Gasteiger partial charge is 0.0722 e. The minimum atomic E-state index is 0.402. The lowest BCUT2D eigenvalue weighted by molar-refractivity contribution is 0.993. The van der Waals surface area contributed by atoms with Crippen LogP contribution in [-0.2, 0) is 0 Å². The zero-order valence-electron chi connectivity index (χ0n) is 8.57. The highest BCUT2D eigenvalue weighted by molar-refractivity contribution is 5.88. The predicted octanol–water partition coefficient (Wildman–Crippen LogP) is 3.06. The summed E-state index contributed by atoms with van der Waals surface area (Å²) in [4.78, 5) is 4.35. The van der Waals surface area contributed by atoms with Crippen LogP contribution in [0.4, 0.5) is 5.69 Å². The molecule has 0 saturated carbocycles. The summed E-state index contributed by atoms with van der Waals surface area (Å²) < 4.78 is 0. The van der Waals surface area contributed by atoms with Gasteiger partial charge in [0.25, 0.3) is 0 Å². The van der Waals surface area contributed by atoms with Crippen LogP contribution in [-0.4, -0.2) is 11.0 Å². The number of pyridine rings is 1. The Balaban J connectivity index is 2.26. The fourth-order valence-corrected chi connectivity index (χ4v) is 1.94. The molecule has 1 atom stereocenters. The van der Waals surface area contributed by atoms with Gasteiger partial charge < -0.3 is 5.32 Å². The first-order valence-electron chi connectivity index (χ1n) is 5.16. The molecule has 74 valence electrons. The molecule has 0 aliphatic carbocycles. The Morgan fingerprint density at radius 1 is 1.33 bits per heavy atom. The van der Waals surface area contributed by atoms with Gasteiger partial charge in [-0.15, -0.1) is 0 Å². The van der Waals surface area contributed by atoms with Crippen LogP contribution in [0.15, 0.2) is 36.5 Å². The lowest BCUT2D eigenvalue weighted by Gasteiger charge is -2.19. The number of nitrogens with one attached hydrogen (secondary N) is 1. The van der Waals surface area contributed by atoms with E-state index in [-0.39, 0.29) is 0 Å². The van der Waals surface area contributed by atoms with Crippen molar-refractivity contribution in [3.63, 3.8) is 0 Å². The minimum Gasteiger partial charge on any atom is -0.379 e. The highest BCUT2D eigenvalue weighted by Crippen LogP contribution is 2.27. The number of rotatable bonds is 0. The van der Waals surface area contributed by atoms with Gasteiger partial charge in [-0.05, 0) is 30.7 Å². The maximum atomic E-state index is 4.35. The molecule has 2 heterocycles. The summed E-state index contributed by atoms with van der Waals surface area (Å²) in [5, 5.41) is 4.62. The van der Waals surface area contributed by atoms with E-state index in [9.17, 15) is 0 Å². The van der Waals surface area contributed by atoms with Gasteiger partial charge in [-0.3, -0.25) is 4.98 Å². The quantitative estimate of drug-likeness (QED) is 0.700. The van der Waals surface area contributed by atoms with Crippen molar-refractivity contribution in [2.45, 2.75) is 13.0 Å². The standard InChI is InChI=1S/C13H12N2/c1-9-4-5-11-7-10-3-2-6-14-12(10)8-13(11)15-9/h2-9,15H,1H3. The predicted molar refractivity (Wildman–Crippen MR) is 63.9 cm³/mol. The lowest BCUT2D eigenvalue weighted by Crippen LogP contribution is -2.15. The van der Waals surface area contributed by atoms with Crippen molar-refractivity contribution in [3.8, 4) is 0 Å². The first-order valence-corrected chi connectivity index (χ1v) is 5.16. The molecule has 1 aromatic carbocycles. The third-order valence-electron chi connectivity index (χ3n) is 2.72. The van der Waals surface area contributed by atoms with Gasteiger partial charge >= 0.3 is 0 Å². The second-order valence-corrected chi connectivity index (χ2v) is 3.93. The molecule has 0 spiro atoms. The van der Waals surface area contributed by atoms with E-state index in [0.29, 0.717) is 6.04 Å². The number of fused-ring (bicyclic) bond motifs is 2. The molecule has 0 saturated heterocycles. The summed E-state index contributed by atoms with van der Waals surface area (Å²) in [6.45, 7) is 2.14. The average molecular weight is 196 g/mol. The van der Waals surface area contributed by atoms with Crippen molar-refractivity contribution in [3.05, 3.63) is 42.1 Å². The van der Waals surface area contributed by atoms with Crippen molar-refractivity contribution < 1.29 is 0 Å². The highest BCUT2D eigenvalue weighted by Gasteiger charge is 2.09. The van der Waals surface area contributed by atoms with Crippen molar-refractivity contribution in [2.24, 2.45) is 0 Å². The first-order chi connectivity index (χ1) is 7.33. The van der Waals surface area contributed by atoms with Gasteiger partial charge in [0.1, 0.15) is 0 Å². The van der Waals surface area contributed by atoms with Gasteiger partial charge in [0, 0.05) is 23.3 Å². The zero-order valence-corrected chi connectivity index (χ0v) is 8.57. The lowest BCUT2D eigenvalue weighted by atomic mass is 10.0. The maximum Gasteiger partial charge on any atom is 0.0722 e. The van der Waals surface area contributed by atoms with E-state index in [0.717, 1.165) is 5.52 Å². The van der Waals surface area contributed by atoms with E-state index in [1.54, 1.807) is 0 Å². The molecular formula is C13H12N2. The number of benzene rings is 1. The maximum absolute atomic E-state index is 4.35. The van der Waals surface area contributed by atoms with Crippen LogP contribution in [0.25, 0.3) is 17.0 Å². The SMILES string of the molecule is CC1C=Cc2cc3cccnc3cc2N1. The molecule has 2 aromatic rings. The molecular weight excluding hydrogens is 184 g/mol. The fourth-order valence-electron chi connectivity index (χ4n) is 1.94. The Labute approximate surface area is 88.6 Å². The highest BCUT2D eigenvalue weighted by atomic mass is 14.9. The number of aromatic nitrogens is 1. The summed E-state index contributed by atoms with van der Waals surface area (Å²) in [7, 11) is 0. The summed E-state index contributed by atoms with van der Waals surface area (Å²) in [6.07, 6.45) is 6.17. The third kappa shape index (κ3) is 1.38. The Kier molecular flexibility index (Phi) is 1.75. The molecule has 0 radical (unpaired) electrons. The molecule has 3 rings (SSSR count). The average Bonchev–Trinajstić information content (AvgIpc) is 2.26. The zero-order chi connectivity index (χ0) is 10.3. The Morgan fingerprint density at radius 2 is 2.27 bits per heavy atom. The van der Waals surface area contributed by atoms with Crippen molar-refractivity contribution in [1.82, 2.24) is 4.98 Å². The van der Waals surface area contributed by atoms with Gasteiger partial charge in [0.15, 0.2) is 0 Å². The molecule has 2 nitrogen and oxygen atoms in total. The van der Waals surface area contributed by atoms with Crippen LogP contribution in [0.1, 0.15) is 12.5 Å². The number of anilines is 1. The van der Waals surface area contributed by atoms with Gasteiger partial charge in [0.2, 0.25) is 0 Å². The first kappa shape index (κ1) is 8.48. The molecule has 1 aliphatic rings. The van der Waals surface area contributed by atoms with Crippen LogP contribution >= 0.6 is 0 Å². The van der Waals surface area contributed by atoms with Crippen LogP contribution in [0.3, 0.4) is 0 Å². The number of hydrogen-bond acceptors (Lipinski definition) is 2. The Morgan fingerprint density at radius 3 is 3.20 bits per heavy atom. The second kappa shape index (κ2) is 3.09. The third-order valence-corrected chi connectivity index (χ3v) is 2.72. The van der Waals surface area contributed by atoms with Gasteiger partial charge in [0.05, 0.1) is 5.52 Å². The second-order valence-electron chi connectivity index (χ2n) is 3.93. The normalized spacial score (nSPS) is 18.6. The topological polar surface area (TPSA) is 24.9 Å². The van der Waals surface area contributed by atoms with E-state index in [2.05, 4.69) is 47.6 Å². The van der Waals surface area contributed by atoms with Crippen LogP contribution < -0.4 is 5.32 Å². The molecule has 0 bridgehead atoms. The molecule has 1 unspecified atom stereocenters. The number of nitrogens with zero attached hydrogens (tertiary/aromatic N) is 1. The van der Waals surface area contributed by atoms with E-state index in [4.69, 9.17) is 0 Å². The summed E-state index contributed by atoms with van der Waals surface area (Å²) in [5.41, 5.74) is 3.47. The monoisotopic (exact) mass is 196 g/mol. The largest absolute Gasteiger partial charge is 0.379 e. The molecule has 0 fully saturated rings. The summed E-state index contributed by atoms with van der Waals surface area (Å²) >= 11 is 0. The van der Waals surface area contributed by atoms with E-state index in [1.165, 1.54) is 16.6 Å². The van der Waals surface area contributed by atoms with Crippen LogP contribution in [0.5, 0.6) is 0 Å². The Hall–Kier alpha value is -1.83. The van der Waals surface area contributed by atoms with E-state index < -0.39 is 0 Å². The molecule has 0 amide bonds. The minimum absolute atomic E-state index is 0.402. The summed E-state index contributed by atoms with van der Waals surface area (Å²) in [5.74, 6) is 0. The van der Waals surface area contributed by atoms with Gasteiger partial charge in [-0.2, -0.15) is 0 Å². The fraction of sp³-hybridized carbons (Fsp3) is 0.154. The number of hydrogen-bond donors (Lipinski definition) is 1. The van der Waals surface area contributed by atoms with E-state index in [1.807, 2.05) is 12.3 Å². The molecule has 1 N–H and O–H groups in total. The molecule has 15 heavy (non-hydrogen) atoms. The summed E-state index contributed by atoms with van der Waals surface area (Å²) in [6, 6.07) is 8.75. The van der Waals surface area contributed by atoms with Gasteiger partial charge in [-0.1, -0.05) is 18.2 Å².